The second-order valence-corrected chi connectivity index (χ2v) is 7.09. The number of thioether (sulfide) groups is 1. The summed E-state index contributed by atoms with van der Waals surface area (Å²) in [5.74, 6) is 3.03. The first-order chi connectivity index (χ1) is 10.8. The van der Waals surface area contributed by atoms with Crippen LogP contribution < -0.4 is 10.6 Å². The van der Waals surface area contributed by atoms with E-state index in [-0.39, 0.29) is 24.0 Å². The number of nitrogens with zero attached hydrogens (tertiary/aromatic N) is 1. The highest BCUT2D eigenvalue weighted by atomic mass is 127. The van der Waals surface area contributed by atoms with Crippen LogP contribution in [-0.2, 0) is 4.74 Å². The van der Waals surface area contributed by atoms with Crippen LogP contribution in [0, 0.1) is 5.41 Å². The van der Waals surface area contributed by atoms with Crippen LogP contribution in [-0.4, -0.2) is 50.8 Å². The predicted octanol–water partition coefficient (Wildman–Crippen LogP) is 3.68. The van der Waals surface area contributed by atoms with E-state index in [0.717, 1.165) is 50.1 Å². The van der Waals surface area contributed by atoms with Crippen LogP contribution >= 0.6 is 35.7 Å². The Morgan fingerprint density at radius 2 is 2.09 bits per heavy atom. The molecule has 4 nitrogen and oxygen atoms in total. The predicted molar refractivity (Wildman–Crippen MR) is 114 cm³/mol. The molecule has 1 aliphatic carbocycles. The van der Waals surface area contributed by atoms with Crippen molar-refractivity contribution < 1.29 is 4.74 Å². The summed E-state index contributed by atoms with van der Waals surface area (Å²) in [4.78, 5) is 4.85. The van der Waals surface area contributed by atoms with Crippen molar-refractivity contribution in [3.05, 3.63) is 12.7 Å². The summed E-state index contributed by atoms with van der Waals surface area (Å²) >= 11 is 1.89. The summed E-state index contributed by atoms with van der Waals surface area (Å²) in [6.07, 6.45) is 8.32. The number of nitrogens with one attached hydrogen (secondary N) is 2. The number of guanidine groups is 1. The third kappa shape index (κ3) is 9.82. The second kappa shape index (κ2) is 14.4. The van der Waals surface area contributed by atoms with E-state index < -0.39 is 0 Å². The van der Waals surface area contributed by atoms with E-state index in [0.29, 0.717) is 5.41 Å². The lowest BCUT2D eigenvalue weighted by atomic mass is 9.83. The van der Waals surface area contributed by atoms with Gasteiger partial charge in [0.05, 0.1) is 0 Å². The van der Waals surface area contributed by atoms with Crippen molar-refractivity contribution in [1.29, 1.82) is 0 Å². The number of aliphatic imine (C=N–C) groups is 1. The molecule has 0 unspecified atom stereocenters. The molecule has 0 spiro atoms. The van der Waals surface area contributed by atoms with Crippen LogP contribution in [0.5, 0.6) is 0 Å². The van der Waals surface area contributed by atoms with E-state index in [9.17, 15) is 0 Å². The van der Waals surface area contributed by atoms with Gasteiger partial charge in [0.1, 0.15) is 0 Å². The molecular formula is C17H34IN3OS. The lowest BCUT2D eigenvalue weighted by Gasteiger charge is -2.27. The monoisotopic (exact) mass is 455 g/mol. The van der Waals surface area contributed by atoms with Gasteiger partial charge in [0.25, 0.3) is 0 Å². The normalized spacial score (nSPS) is 16.7. The molecule has 0 aromatic rings. The second-order valence-electron chi connectivity index (χ2n) is 5.94. The fourth-order valence-corrected chi connectivity index (χ4v) is 3.51. The van der Waals surface area contributed by atoms with Crippen molar-refractivity contribution in [2.24, 2.45) is 10.4 Å². The van der Waals surface area contributed by atoms with E-state index in [1.54, 1.807) is 7.11 Å². The Morgan fingerprint density at radius 1 is 1.35 bits per heavy atom. The molecule has 0 radical (unpaired) electrons. The molecular weight excluding hydrogens is 421 g/mol. The smallest absolute Gasteiger partial charge is 0.191 e. The minimum absolute atomic E-state index is 0. The minimum Gasteiger partial charge on any atom is -0.385 e. The van der Waals surface area contributed by atoms with Crippen molar-refractivity contribution in [3.63, 3.8) is 0 Å². The highest BCUT2D eigenvalue weighted by molar-refractivity contribution is 14.0. The Labute approximate surface area is 163 Å². The molecule has 2 N–H and O–H groups in total. The molecule has 0 aromatic heterocycles. The summed E-state index contributed by atoms with van der Waals surface area (Å²) in [7, 11) is 1.79. The number of hydrogen-bond donors (Lipinski definition) is 2. The Hall–Kier alpha value is 0.0500. The zero-order chi connectivity index (χ0) is 16.1. The van der Waals surface area contributed by atoms with Gasteiger partial charge in [-0.25, -0.2) is 0 Å². The van der Waals surface area contributed by atoms with E-state index in [4.69, 9.17) is 9.73 Å². The molecule has 1 fully saturated rings. The first-order valence-corrected chi connectivity index (χ1v) is 9.61. The molecule has 0 atom stereocenters. The van der Waals surface area contributed by atoms with Gasteiger partial charge < -0.3 is 15.4 Å². The van der Waals surface area contributed by atoms with Crippen LogP contribution in [0.2, 0.25) is 0 Å². The van der Waals surface area contributed by atoms with Crippen LogP contribution in [0.4, 0.5) is 0 Å². The topological polar surface area (TPSA) is 45.7 Å². The standard InChI is InChI=1S/C17H33N3OS.HI/c1-4-13-22-14-11-19-16(18-5-2)20-15-17(10-12-21-3)8-6-7-9-17;/h4H,1,5-15H2,2-3H3,(H2,18,19,20);1H. The number of halogens is 1. The van der Waals surface area contributed by atoms with Crippen LogP contribution in [0.15, 0.2) is 17.6 Å². The quantitative estimate of drug-likeness (QED) is 0.164. The average molecular weight is 455 g/mol. The molecule has 1 saturated carbocycles. The number of rotatable bonds is 11. The van der Waals surface area contributed by atoms with Gasteiger partial charge in [-0.1, -0.05) is 18.9 Å². The molecule has 0 saturated heterocycles. The molecule has 1 aliphatic rings. The molecule has 6 heteroatoms. The summed E-state index contributed by atoms with van der Waals surface area (Å²) in [6.45, 7) is 9.44. The van der Waals surface area contributed by atoms with Crippen LogP contribution in [0.1, 0.15) is 39.0 Å². The Morgan fingerprint density at radius 3 is 2.70 bits per heavy atom. The van der Waals surface area contributed by atoms with Gasteiger partial charge in [0, 0.05) is 44.9 Å². The molecule has 1 rings (SSSR count). The van der Waals surface area contributed by atoms with Gasteiger partial charge in [-0.3, -0.25) is 4.99 Å². The van der Waals surface area contributed by atoms with E-state index in [2.05, 4.69) is 24.1 Å². The summed E-state index contributed by atoms with van der Waals surface area (Å²) < 4.78 is 5.29. The van der Waals surface area contributed by atoms with E-state index >= 15 is 0 Å². The minimum atomic E-state index is 0. The zero-order valence-corrected chi connectivity index (χ0v) is 17.9. The third-order valence-electron chi connectivity index (χ3n) is 4.19. The molecule has 23 heavy (non-hydrogen) atoms. The lowest BCUT2D eigenvalue weighted by Crippen LogP contribution is -2.39. The maximum absolute atomic E-state index is 5.29. The van der Waals surface area contributed by atoms with Gasteiger partial charge >= 0.3 is 0 Å². The van der Waals surface area contributed by atoms with Gasteiger partial charge in [-0.15, -0.1) is 30.6 Å². The fraction of sp³-hybridized carbons (Fsp3) is 0.824. The van der Waals surface area contributed by atoms with Gasteiger partial charge in [-0.2, -0.15) is 11.8 Å². The molecule has 0 aliphatic heterocycles. The number of hydrogen-bond acceptors (Lipinski definition) is 3. The summed E-state index contributed by atoms with van der Waals surface area (Å²) in [5, 5.41) is 6.78. The third-order valence-corrected chi connectivity index (χ3v) is 5.16. The molecule has 136 valence electrons. The summed E-state index contributed by atoms with van der Waals surface area (Å²) in [5.41, 5.74) is 0.357. The Kier molecular flexibility index (Phi) is 14.4. The SMILES string of the molecule is C=CCSCCNC(=NCC1(CCOC)CCCC1)NCC.I. The fourth-order valence-electron chi connectivity index (χ4n) is 2.93. The maximum Gasteiger partial charge on any atom is 0.191 e. The van der Waals surface area contributed by atoms with E-state index in [1.165, 1.54) is 25.7 Å². The average Bonchev–Trinajstić information content (AvgIpc) is 2.99. The van der Waals surface area contributed by atoms with Gasteiger partial charge in [0.2, 0.25) is 0 Å². The molecule has 0 amide bonds. The van der Waals surface area contributed by atoms with Crippen molar-refractivity contribution >= 4 is 41.7 Å². The van der Waals surface area contributed by atoms with Crippen LogP contribution in [0.3, 0.4) is 0 Å². The van der Waals surface area contributed by atoms with Gasteiger partial charge in [0.15, 0.2) is 5.96 Å². The first kappa shape index (κ1) is 23.1. The van der Waals surface area contributed by atoms with Crippen molar-refractivity contribution in [3.8, 4) is 0 Å². The lowest BCUT2D eigenvalue weighted by molar-refractivity contribution is 0.141. The van der Waals surface area contributed by atoms with Crippen LogP contribution in [0.25, 0.3) is 0 Å². The Bertz CT molecular complexity index is 334. The summed E-state index contributed by atoms with van der Waals surface area (Å²) in [6, 6.07) is 0. The zero-order valence-electron chi connectivity index (χ0n) is 14.7. The van der Waals surface area contributed by atoms with Gasteiger partial charge in [-0.05, 0) is 31.6 Å². The number of methoxy groups -OCH3 is 1. The first-order valence-electron chi connectivity index (χ1n) is 8.46. The van der Waals surface area contributed by atoms with Crippen molar-refractivity contribution in [2.75, 3.05) is 44.9 Å². The van der Waals surface area contributed by atoms with Crippen molar-refractivity contribution in [2.45, 2.75) is 39.0 Å². The van der Waals surface area contributed by atoms with E-state index in [1.807, 2.05) is 17.8 Å². The molecule has 0 bridgehead atoms. The number of ether oxygens (including phenoxy) is 1. The highest BCUT2D eigenvalue weighted by Crippen LogP contribution is 2.41. The highest BCUT2D eigenvalue weighted by Gasteiger charge is 2.33. The largest absolute Gasteiger partial charge is 0.385 e. The maximum atomic E-state index is 5.29. The Balaban J connectivity index is 0.00000484. The van der Waals surface area contributed by atoms with Crippen molar-refractivity contribution in [1.82, 2.24) is 10.6 Å². The molecule has 0 aromatic carbocycles. The molecule has 0 heterocycles.